The summed E-state index contributed by atoms with van der Waals surface area (Å²) < 4.78 is 5.53. The standard InChI is InChI=1S/C19H26N2O3/c1-18(2,3)24-17(23)21-12-8-7-11-19(21)14-20(16(19)22)13-15-9-5-4-6-10-15/h4-6,9-10H,7-8,11-14H2,1-3H3/t19-/m1/s1. The molecule has 0 bridgehead atoms. The van der Waals surface area contributed by atoms with Crippen molar-refractivity contribution in [2.45, 2.75) is 57.7 Å². The predicted molar refractivity (Wildman–Crippen MR) is 91.4 cm³/mol. The Kier molecular flexibility index (Phi) is 4.28. The van der Waals surface area contributed by atoms with Crippen molar-refractivity contribution in [3.8, 4) is 0 Å². The average molecular weight is 330 g/mol. The smallest absolute Gasteiger partial charge is 0.411 e. The molecule has 0 unspecified atom stereocenters. The third kappa shape index (κ3) is 3.12. The van der Waals surface area contributed by atoms with E-state index in [1.807, 2.05) is 56.0 Å². The van der Waals surface area contributed by atoms with Gasteiger partial charge in [0.05, 0.1) is 6.54 Å². The number of rotatable bonds is 2. The first kappa shape index (κ1) is 16.8. The van der Waals surface area contributed by atoms with Gasteiger partial charge in [-0.3, -0.25) is 9.69 Å². The number of benzene rings is 1. The van der Waals surface area contributed by atoms with Gasteiger partial charge in [0.15, 0.2) is 0 Å². The van der Waals surface area contributed by atoms with Crippen LogP contribution < -0.4 is 0 Å². The zero-order chi connectivity index (χ0) is 17.4. The molecule has 5 nitrogen and oxygen atoms in total. The fourth-order valence-electron chi connectivity index (χ4n) is 3.60. The molecule has 0 aliphatic carbocycles. The maximum atomic E-state index is 12.9. The van der Waals surface area contributed by atoms with Crippen LogP contribution >= 0.6 is 0 Å². The van der Waals surface area contributed by atoms with E-state index in [4.69, 9.17) is 4.74 Å². The number of hydrogen-bond donors (Lipinski definition) is 0. The molecule has 1 aromatic carbocycles. The third-order valence-corrected chi connectivity index (χ3v) is 4.71. The maximum Gasteiger partial charge on any atom is 0.411 e. The van der Waals surface area contributed by atoms with Gasteiger partial charge in [0, 0.05) is 13.1 Å². The zero-order valence-electron chi connectivity index (χ0n) is 14.7. The fraction of sp³-hybridized carbons (Fsp3) is 0.579. The predicted octanol–water partition coefficient (Wildman–Crippen LogP) is 3.19. The Bertz CT molecular complexity index is 623. The van der Waals surface area contributed by atoms with Crippen LogP contribution in [0.15, 0.2) is 30.3 Å². The molecule has 130 valence electrons. The summed E-state index contributed by atoms with van der Waals surface area (Å²) in [4.78, 5) is 29.0. The summed E-state index contributed by atoms with van der Waals surface area (Å²) in [6.45, 7) is 7.35. The van der Waals surface area contributed by atoms with E-state index < -0.39 is 11.1 Å². The maximum absolute atomic E-state index is 12.9. The average Bonchev–Trinajstić information content (AvgIpc) is 2.54. The second-order valence-corrected chi connectivity index (χ2v) is 7.77. The third-order valence-electron chi connectivity index (χ3n) is 4.71. The first-order valence-corrected chi connectivity index (χ1v) is 8.66. The van der Waals surface area contributed by atoms with Crippen molar-refractivity contribution in [1.29, 1.82) is 0 Å². The van der Waals surface area contributed by atoms with E-state index in [0.717, 1.165) is 24.8 Å². The van der Waals surface area contributed by atoms with Crippen molar-refractivity contribution in [3.05, 3.63) is 35.9 Å². The minimum atomic E-state index is -0.685. The number of nitrogens with zero attached hydrogens (tertiary/aromatic N) is 2. The highest BCUT2D eigenvalue weighted by Crippen LogP contribution is 2.39. The van der Waals surface area contributed by atoms with Gasteiger partial charge in [-0.25, -0.2) is 4.79 Å². The van der Waals surface area contributed by atoms with Crippen molar-refractivity contribution in [2.24, 2.45) is 0 Å². The normalized spacial score (nSPS) is 24.0. The molecule has 2 aliphatic rings. The number of carbonyl (C=O) groups excluding carboxylic acids is 2. The molecule has 1 atom stereocenters. The Morgan fingerprint density at radius 2 is 1.92 bits per heavy atom. The molecule has 1 aromatic rings. The Morgan fingerprint density at radius 3 is 2.54 bits per heavy atom. The van der Waals surface area contributed by atoms with Crippen LogP contribution in [0.5, 0.6) is 0 Å². The summed E-state index contributed by atoms with van der Waals surface area (Å²) in [5, 5.41) is 0. The van der Waals surface area contributed by atoms with Crippen LogP contribution in [0.25, 0.3) is 0 Å². The molecule has 0 radical (unpaired) electrons. The number of hydrogen-bond acceptors (Lipinski definition) is 3. The Hall–Kier alpha value is -2.04. The number of amides is 2. The minimum absolute atomic E-state index is 0.0527. The summed E-state index contributed by atoms with van der Waals surface area (Å²) >= 11 is 0. The second-order valence-electron chi connectivity index (χ2n) is 7.77. The van der Waals surface area contributed by atoms with Gasteiger partial charge in [-0.15, -0.1) is 0 Å². The number of carbonyl (C=O) groups is 2. The molecule has 1 spiro atoms. The molecule has 3 rings (SSSR count). The van der Waals surface area contributed by atoms with Crippen LogP contribution in [0, 0.1) is 0 Å². The lowest BCUT2D eigenvalue weighted by Crippen LogP contribution is -2.75. The molecule has 2 saturated heterocycles. The molecular formula is C19H26N2O3. The number of piperidine rings is 1. The Balaban J connectivity index is 1.71. The molecule has 0 saturated carbocycles. The lowest BCUT2D eigenvalue weighted by Gasteiger charge is -2.56. The number of β-lactam (4-membered cyclic amide) rings is 1. The van der Waals surface area contributed by atoms with E-state index in [9.17, 15) is 9.59 Å². The first-order valence-electron chi connectivity index (χ1n) is 8.66. The second kappa shape index (κ2) is 6.11. The highest BCUT2D eigenvalue weighted by atomic mass is 16.6. The SMILES string of the molecule is CC(C)(C)OC(=O)N1CCCC[C@]12CN(Cc1ccccc1)C2=O. The van der Waals surface area contributed by atoms with Crippen molar-refractivity contribution < 1.29 is 14.3 Å². The van der Waals surface area contributed by atoms with Crippen LogP contribution in [0.2, 0.25) is 0 Å². The van der Waals surface area contributed by atoms with E-state index in [2.05, 4.69) is 0 Å². The van der Waals surface area contributed by atoms with Crippen LogP contribution in [0.3, 0.4) is 0 Å². The summed E-state index contributed by atoms with van der Waals surface area (Å²) in [7, 11) is 0. The minimum Gasteiger partial charge on any atom is -0.444 e. The van der Waals surface area contributed by atoms with Gasteiger partial charge < -0.3 is 9.64 Å². The number of ether oxygens (including phenoxy) is 1. The molecule has 2 heterocycles. The van der Waals surface area contributed by atoms with Gasteiger partial charge in [-0.1, -0.05) is 30.3 Å². The van der Waals surface area contributed by atoms with E-state index >= 15 is 0 Å². The van der Waals surface area contributed by atoms with Crippen LogP contribution in [0.1, 0.15) is 45.6 Å². The topological polar surface area (TPSA) is 49.9 Å². The summed E-state index contributed by atoms with van der Waals surface area (Å²) in [6, 6.07) is 9.95. The van der Waals surface area contributed by atoms with E-state index in [1.54, 1.807) is 4.90 Å². The lowest BCUT2D eigenvalue weighted by atomic mass is 9.78. The molecule has 0 N–H and O–H groups in total. The van der Waals surface area contributed by atoms with E-state index in [-0.39, 0.29) is 12.0 Å². The highest BCUT2D eigenvalue weighted by Gasteiger charge is 2.58. The molecule has 0 aromatic heterocycles. The van der Waals surface area contributed by atoms with Crippen molar-refractivity contribution in [1.82, 2.24) is 9.80 Å². The Morgan fingerprint density at radius 1 is 1.21 bits per heavy atom. The van der Waals surface area contributed by atoms with Gasteiger partial charge in [0.2, 0.25) is 0 Å². The molecule has 2 amide bonds. The lowest BCUT2D eigenvalue weighted by molar-refractivity contribution is -0.168. The van der Waals surface area contributed by atoms with Crippen LogP contribution in [-0.4, -0.2) is 46.0 Å². The zero-order valence-corrected chi connectivity index (χ0v) is 14.7. The van der Waals surface area contributed by atoms with Gasteiger partial charge >= 0.3 is 6.09 Å². The van der Waals surface area contributed by atoms with Gasteiger partial charge in [0.25, 0.3) is 5.91 Å². The first-order chi connectivity index (χ1) is 11.3. The van der Waals surface area contributed by atoms with Gasteiger partial charge in [0.1, 0.15) is 11.1 Å². The molecular weight excluding hydrogens is 304 g/mol. The largest absolute Gasteiger partial charge is 0.444 e. The summed E-state index contributed by atoms with van der Waals surface area (Å²) in [5.74, 6) is 0.0527. The molecule has 5 heteroatoms. The van der Waals surface area contributed by atoms with Crippen molar-refractivity contribution >= 4 is 12.0 Å². The van der Waals surface area contributed by atoms with Gasteiger partial charge in [-0.05, 0) is 45.6 Å². The fourth-order valence-corrected chi connectivity index (χ4v) is 3.60. The van der Waals surface area contributed by atoms with Crippen molar-refractivity contribution in [3.63, 3.8) is 0 Å². The quantitative estimate of drug-likeness (QED) is 0.783. The molecule has 24 heavy (non-hydrogen) atoms. The van der Waals surface area contributed by atoms with Crippen LogP contribution in [-0.2, 0) is 16.1 Å². The van der Waals surface area contributed by atoms with Crippen molar-refractivity contribution in [2.75, 3.05) is 13.1 Å². The monoisotopic (exact) mass is 330 g/mol. The molecule has 2 fully saturated rings. The van der Waals surface area contributed by atoms with Gasteiger partial charge in [-0.2, -0.15) is 0 Å². The summed E-state index contributed by atoms with van der Waals surface area (Å²) in [5.41, 5.74) is -0.123. The van der Waals surface area contributed by atoms with Crippen LogP contribution in [0.4, 0.5) is 4.79 Å². The highest BCUT2D eigenvalue weighted by molar-refractivity contribution is 5.95. The molecule has 2 aliphatic heterocycles. The van der Waals surface area contributed by atoms with E-state index in [1.165, 1.54) is 0 Å². The van der Waals surface area contributed by atoms with E-state index in [0.29, 0.717) is 19.6 Å². The number of likely N-dealkylation sites (tertiary alicyclic amines) is 2. The summed E-state index contributed by atoms with van der Waals surface area (Å²) in [6.07, 6.45) is 2.27. The Labute approximate surface area is 143 Å².